The van der Waals surface area contributed by atoms with Gasteiger partial charge in [-0.3, -0.25) is 4.98 Å². The second-order valence-corrected chi connectivity index (χ2v) is 5.11. The Morgan fingerprint density at radius 1 is 1.24 bits per heavy atom. The Labute approximate surface area is 126 Å². The fourth-order valence-corrected chi connectivity index (χ4v) is 2.24. The van der Waals surface area contributed by atoms with Crippen LogP contribution >= 0.6 is 0 Å². The van der Waals surface area contributed by atoms with Crippen LogP contribution in [0, 0.1) is 0 Å². The number of nitrogens with zero attached hydrogens (tertiary/aromatic N) is 2. The monoisotopic (exact) mass is 285 g/mol. The van der Waals surface area contributed by atoms with E-state index in [9.17, 15) is 0 Å². The number of benzene rings is 1. The molecule has 2 rings (SSSR count). The summed E-state index contributed by atoms with van der Waals surface area (Å²) in [7, 11) is 2.10. The van der Waals surface area contributed by atoms with Gasteiger partial charge in [0.25, 0.3) is 0 Å². The lowest BCUT2D eigenvalue weighted by molar-refractivity contribution is 0.304. The van der Waals surface area contributed by atoms with Crippen molar-refractivity contribution in [1.29, 1.82) is 0 Å². The van der Waals surface area contributed by atoms with Gasteiger partial charge in [-0.05, 0) is 44.3 Å². The Morgan fingerprint density at radius 2 is 2.10 bits per heavy atom. The minimum atomic E-state index is 0.661. The summed E-state index contributed by atoms with van der Waals surface area (Å²) in [5, 5.41) is 0. The average molecular weight is 285 g/mol. The standard InChI is InChI=1S/C17H23N3O/c1-3-21-17-8-7-15(18)12-14(17)13-20(2)11-9-16-6-4-5-10-19-16/h4-8,10,12H,3,9,11,13,18H2,1-2H3. The summed E-state index contributed by atoms with van der Waals surface area (Å²) in [6.07, 6.45) is 2.77. The molecule has 0 saturated heterocycles. The number of hydrogen-bond donors (Lipinski definition) is 1. The minimum absolute atomic E-state index is 0.661. The molecule has 1 heterocycles. The van der Waals surface area contributed by atoms with Gasteiger partial charge in [-0.2, -0.15) is 0 Å². The topological polar surface area (TPSA) is 51.4 Å². The highest BCUT2D eigenvalue weighted by molar-refractivity contribution is 5.47. The van der Waals surface area contributed by atoms with Gasteiger partial charge in [-0.25, -0.2) is 0 Å². The van der Waals surface area contributed by atoms with Gasteiger partial charge in [0.2, 0.25) is 0 Å². The number of rotatable bonds is 7. The largest absolute Gasteiger partial charge is 0.494 e. The lowest BCUT2D eigenvalue weighted by Gasteiger charge is -2.19. The Kier molecular flexibility index (Phi) is 5.58. The van der Waals surface area contributed by atoms with Crippen LogP contribution in [0.2, 0.25) is 0 Å². The van der Waals surface area contributed by atoms with Crippen molar-refractivity contribution >= 4 is 5.69 Å². The maximum atomic E-state index is 5.88. The molecule has 21 heavy (non-hydrogen) atoms. The number of nitrogens with two attached hydrogens (primary N) is 1. The van der Waals surface area contributed by atoms with E-state index >= 15 is 0 Å². The van der Waals surface area contributed by atoms with Gasteiger partial charge in [0.1, 0.15) is 5.75 Å². The van der Waals surface area contributed by atoms with E-state index in [1.807, 2.05) is 43.5 Å². The Balaban J connectivity index is 1.95. The van der Waals surface area contributed by atoms with Crippen molar-refractivity contribution in [1.82, 2.24) is 9.88 Å². The molecule has 0 atom stereocenters. The molecule has 0 fully saturated rings. The summed E-state index contributed by atoms with van der Waals surface area (Å²) in [5.74, 6) is 0.913. The first kappa shape index (κ1) is 15.3. The number of hydrogen-bond acceptors (Lipinski definition) is 4. The summed E-state index contributed by atoms with van der Waals surface area (Å²) in [6, 6.07) is 11.8. The predicted octanol–water partition coefficient (Wildman–Crippen LogP) is 2.74. The average Bonchev–Trinajstić information content (AvgIpc) is 2.49. The molecule has 0 spiro atoms. The third kappa shape index (κ3) is 4.76. The lowest BCUT2D eigenvalue weighted by Crippen LogP contribution is -2.21. The van der Waals surface area contributed by atoms with Crippen LogP contribution < -0.4 is 10.5 Å². The quantitative estimate of drug-likeness (QED) is 0.795. The molecule has 0 aliphatic heterocycles. The van der Waals surface area contributed by atoms with E-state index in [0.717, 1.165) is 42.2 Å². The predicted molar refractivity (Wildman–Crippen MR) is 86.3 cm³/mol. The van der Waals surface area contributed by atoms with Crippen LogP contribution in [0.4, 0.5) is 5.69 Å². The van der Waals surface area contributed by atoms with Gasteiger partial charge in [0.05, 0.1) is 6.61 Å². The third-order valence-electron chi connectivity index (χ3n) is 3.30. The number of aromatic nitrogens is 1. The summed E-state index contributed by atoms with van der Waals surface area (Å²) in [4.78, 5) is 6.60. The van der Waals surface area contributed by atoms with Gasteiger partial charge in [-0.15, -0.1) is 0 Å². The molecule has 0 radical (unpaired) electrons. The third-order valence-corrected chi connectivity index (χ3v) is 3.30. The molecule has 4 heteroatoms. The van der Waals surface area contributed by atoms with Gasteiger partial charge in [-0.1, -0.05) is 6.07 Å². The zero-order chi connectivity index (χ0) is 15.1. The van der Waals surface area contributed by atoms with E-state index in [0.29, 0.717) is 6.61 Å². The Hall–Kier alpha value is -2.07. The molecule has 0 amide bonds. The van der Waals surface area contributed by atoms with Crippen molar-refractivity contribution in [3.63, 3.8) is 0 Å². The highest BCUT2D eigenvalue weighted by Crippen LogP contribution is 2.22. The van der Waals surface area contributed by atoms with Gasteiger partial charge >= 0.3 is 0 Å². The molecule has 1 aromatic carbocycles. The van der Waals surface area contributed by atoms with Crippen LogP contribution in [0.3, 0.4) is 0 Å². The highest BCUT2D eigenvalue weighted by atomic mass is 16.5. The zero-order valence-corrected chi connectivity index (χ0v) is 12.7. The maximum Gasteiger partial charge on any atom is 0.123 e. The first-order valence-corrected chi connectivity index (χ1v) is 7.28. The molecule has 2 aromatic rings. The van der Waals surface area contributed by atoms with Crippen LogP contribution in [0.1, 0.15) is 18.2 Å². The van der Waals surface area contributed by atoms with E-state index in [1.54, 1.807) is 0 Å². The van der Waals surface area contributed by atoms with E-state index in [1.165, 1.54) is 0 Å². The zero-order valence-electron chi connectivity index (χ0n) is 12.7. The van der Waals surface area contributed by atoms with E-state index in [2.05, 4.69) is 23.0 Å². The smallest absolute Gasteiger partial charge is 0.123 e. The van der Waals surface area contributed by atoms with Crippen LogP contribution in [0.25, 0.3) is 0 Å². The fraction of sp³-hybridized carbons (Fsp3) is 0.353. The normalized spacial score (nSPS) is 10.8. The second-order valence-electron chi connectivity index (χ2n) is 5.11. The Bertz CT molecular complexity index is 557. The van der Waals surface area contributed by atoms with Crippen LogP contribution in [0.15, 0.2) is 42.6 Å². The van der Waals surface area contributed by atoms with Crippen LogP contribution in [0.5, 0.6) is 5.75 Å². The number of nitrogen functional groups attached to an aromatic ring is 1. The van der Waals surface area contributed by atoms with Crippen molar-refractivity contribution in [2.75, 3.05) is 25.9 Å². The van der Waals surface area contributed by atoms with Gasteiger partial charge in [0, 0.05) is 42.7 Å². The molecule has 2 N–H and O–H groups in total. The summed E-state index contributed by atoms with van der Waals surface area (Å²) >= 11 is 0. The molecule has 112 valence electrons. The molecule has 0 unspecified atom stereocenters. The number of ether oxygens (including phenoxy) is 1. The van der Waals surface area contributed by atoms with Crippen molar-refractivity contribution in [3.05, 3.63) is 53.9 Å². The summed E-state index contributed by atoms with van der Waals surface area (Å²) < 4.78 is 5.66. The first-order chi connectivity index (χ1) is 10.2. The van der Waals surface area contributed by atoms with Crippen molar-refractivity contribution in [2.24, 2.45) is 0 Å². The van der Waals surface area contributed by atoms with Crippen LogP contribution in [-0.4, -0.2) is 30.1 Å². The first-order valence-electron chi connectivity index (χ1n) is 7.28. The SMILES string of the molecule is CCOc1ccc(N)cc1CN(C)CCc1ccccn1. The summed E-state index contributed by atoms with van der Waals surface area (Å²) in [6.45, 7) is 4.41. The van der Waals surface area contributed by atoms with Crippen molar-refractivity contribution < 1.29 is 4.74 Å². The van der Waals surface area contributed by atoms with E-state index in [4.69, 9.17) is 10.5 Å². The van der Waals surface area contributed by atoms with Gasteiger partial charge < -0.3 is 15.4 Å². The lowest BCUT2D eigenvalue weighted by atomic mass is 10.1. The molecule has 1 aromatic heterocycles. The second kappa shape index (κ2) is 7.64. The maximum absolute atomic E-state index is 5.88. The van der Waals surface area contributed by atoms with Gasteiger partial charge in [0.15, 0.2) is 0 Å². The minimum Gasteiger partial charge on any atom is -0.494 e. The van der Waals surface area contributed by atoms with E-state index in [-0.39, 0.29) is 0 Å². The molecule has 4 nitrogen and oxygen atoms in total. The molecular weight excluding hydrogens is 262 g/mol. The number of likely N-dealkylation sites (N-methyl/N-ethyl adjacent to an activating group) is 1. The van der Waals surface area contributed by atoms with Crippen molar-refractivity contribution in [2.45, 2.75) is 19.9 Å². The Morgan fingerprint density at radius 3 is 2.81 bits per heavy atom. The van der Waals surface area contributed by atoms with Crippen LogP contribution in [-0.2, 0) is 13.0 Å². The molecule has 0 bridgehead atoms. The van der Waals surface area contributed by atoms with Crippen molar-refractivity contribution in [3.8, 4) is 5.75 Å². The highest BCUT2D eigenvalue weighted by Gasteiger charge is 2.08. The molecule has 0 saturated carbocycles. The van der Waals surface area contributed by atoms with E-state index < -0.39 is 0 Å². The fourth-order valence-electron chi connectivity index (χ4n) is 2.24. The number of pyridine rings is 1. The number of anilines is 1. The molecule has 0 aliphatic carbocycles. The molecular formula is C17H23N3O. The summed E-state index contributed by atoms with van der Waals surface area (Å²) in [5.41, 5.74) is 8.89. The molecule has 0 aliphatic rings.